The standard InChI is InChI=1S/C9H16N2O2.C2HF3O2/c1-11(9-6-12-7-13-9)8-2-4-10-5-3-8;3-2(4,5)1(6)7/h6,8,10H,2-5,7H2,1H3;(H,6,7). The van der Waals surface area contributed by atoms with E-state index in [9.17, 15) is 13.2 Å². The maximum Gasteiger partial charge on any atom is 0.490 e. The molecule has 0 aromatic carbocycles. The third-order valence-electron chi connectivity index (χ3n) is 2.91. The first-order valence-electron chi connectivity index (χ1n) is 6.00. The van der Waals surface area contributed by atoms with Gasteiger partial charge >= 0.3 is 12.1 Å². The van der Waals surface area contributed by atoms with Gasteiger partial charge in [-0.2, -0.15) is 13.2 Å². The number of carboxylic acid groups (broad SMARTS) is 1. The van der Waals surface area contributed by atoms with Gasteiger partial charge in [-0.15, -0.1) is 0 Å². The molecule has 1 fully saturated rings. The topological polar surface area (TPSA) is 71.0 Å². The van der Waals surface area contributed by atoms with Crippen LogP contribution < -0.4 is 5.32 Å². The Labute approximate surface area is 114 Å². The summed E-state index contributed by atoms with van der Waals surface area (Å²) in [6.07, 6.45) is -1.03. The number of hydrogen-bond donors (Lipinski definition) is 2. The number of aliphatic carboxylic acids is 1. The van der Waals surface area contributed by atoms with Gasteiger partial charge in [0.25, 0.3) is 0 Å². The maximum absolute atomic E-state index is 10.6. The number of rotatable bonds is 2. The number of nitrogens with zero attached hydrogens (tertiary/aromatic N) is 1. The van der Waals surface area contributed by atoms with Gasteiger partial charge in [0, 0.05) is 13.1 Å². The third-order valence-corrected chi connectivity index (χ3v) is 2.91. The van der Waals surface area contributed by atoms with E-state index in [0.717, 1.165) is 19.0 Å². The van der Waals surface area contributed by atoms with Crippen molar-refractivity contribution < 1.29 is 32.5 Å². The van der Waals surface area contributed by atoms with Crippen LogP contribution in [0, 0.1) is 0 Å². The van der Waals surface area contributed by atoms with Crippen LogP contribution in [0.15, 0.2) is 12.1 Å². The van der Waals surface area contributed by atoms with Crippen LogP contribution >= 0.6 is 0 Å². The van der Waals surface area contributed by atoms with Crippen LogP contribution in [0.2, 0.25) is 0 Å². The predicted molar refractivity (Wildman–Crippen MR) is 62.5 cm³/mol. The lowest BCUT2D eigenvalue weighted by atomic mass is 10.1. The largest absolute Gasteiger partial charge is 0.490 e. The Morgan fingerprint density at radius 3 is 2.40 bits per heavy atom. The lowest BCUT2D eigenvalue weighted by Gasteiger charge is -2.32. The first-order chi connectivity index (χ1) is 9.32. The number of hydrogen-bond acceptors (Lipinski definition) is 5. The zero-order valence-electron chi connectivity index (χ0n) is 10.9. The Hall–Kier alpha value is -1.64. The Kier molecular flexibility index (Phi) is 5.93. The van der Waals surface area contributed by atoms with Crippen LogP contribution in [0.25, 0.3) is 0 Å². The summed E-state index contributed by atoms with van der Waals surface area (Å²) in [5.41, 5.74) is 0. The van der Waals surface area contributed by atoms with E-state index in [1.807, 2.05) is 0 Å². The quantitative estimate of drug-likeness (QED) is 0.796. The van der Waals surface area contributed by atoms with Crippen molar-refractivity contribution in [3.63, 3.8) is 0 Å². The van der Waals surface area contributed by atoms with Crippen molar-refractivity contribution in [3.05, 3.63) is 12.1 Å². The Bertz CT molecular complexity index is 354. The molecule has 20 heavy (non-hydrogen) atoms. The monoisotopic (exact) mass is 298 g/mol. The molecule has 2 heterocycles. The minimum atomic E-state index is -5.08. The summed E-state index contributed by atoms with van der Waals surface area (Å²) < 4.78 is 42.1. The summed E-state index contributed by atoms with van der Waals surface area (Å²) in [5, 5.41) is 10.5. The predicted octanol–water partition coefficient (Wildman–Crippen LogP) is 1.11. The van der Waals surface area contributed by atoms with Crippen LogP contribution in [0.1, 0.15) is 12.8 Å². The number of ether oxygens (including phenoxy) is 2. The molecule has 2 aliphatic heterocycles. The van der Waals surface area contributed by atoms with E-state index in [-0.39, 0.29) is 0 Å². The van der Waals surface area contributed by atoms with E-state index < -0.39 is 12.1 Å². The molecule has 2 aliphatic rings. The zero-order chi connectivity index (χ0) is 15.2. The summed E-state index contributed by atoms with van der Waals surface area (Å²) >= 11 is 0. The Morgan fingerprint density at radius 1 is 1.45 bits per heavy atom. The van der Waals surface area contributed by atoms with Gasteiger partial charge in [0.05, 0.1) is 0 Å². The normalized spacial score (nSPS) is 19.1. The van der Waals surface area contributed by atoms with Crippen molar-refractivity contribution >= 4 is 5.97 Å². The highest BCUT2D eigenvalue weighted by Crippen LogP contribution is 2.18. The molecule has 0 amide bonds. The summed E-state index contributed by atoms with van der Waals surface area (Å²) in [4.78, 5) is 11.1. The number of halogens is 3. The number of carboxylic acids is 1. The van der Waals surface area contributed by atoms with Crippen LogP contribution in [0.5, 0.6) is 0 Å². The van der Waals surface area contributed by atoms with Gasteiger partial charge in [0.1, 0.15) is 6.26 Å². The number of piperidine rings is 1. The van der Waals surface area contributed by atoms with E-state index in [4.69, 9.17) is 19.4 Å². The fourth-order valence-corrected chi connectivity index (χ4v) is 1.79. The molecule has 0 atom stereocenters. The van der Waals surface area contributed by atoms with Crippen LogP contribution in [-0.2, 0) is 14.3 Å². The molecule has 0 unspecified atom stereocenters. The van der Waals surface area contributed by atoms with Gasteiger partial charge in [-0.25, -0.2) is 4.79 Å². The molecule has 2 rings (SSSR count). The first kappa shape index (κ1) is 16.4. The lowest BCUT2D eigenvalue weighted by Crippen LogP contribution is -2.40. The summed E-state index contributed by atoms with van der Waals surface area (Å²) in [7, 11) is 2.07. The zero-order valence-corrected chi connectivity index (χ0v) is 10.9. The van der Waals surface area contributed by atoms with E-state index >= 15 is 0 Å². The molecule has 2 N–H and O–H groups in total. The molecule has 1 saturated heterocycles. The van der Waals surface area contributed by atoms with E-state index in [0.29, 0.717) is 12.8 Å². The summed E-state index contributed by atoms with van der Waals surface area (Å²) in [5.74, 6) is -1.89. The second kappa shape index (κ2) is 7.22. The molecule has 0 spiro atoms. The molecular formula is C11H17F3N2O4. The molecular weight excluding hydrogens is 281 g/mol. The fraction of sp³-hybridized carbons (Fsp3) is 0.727. The van der Waals surface area contributed by atoms with Gasteiger partial charge in [-0.3, -0.25) is 0 Å². The maximum atomic E-state index is 10.6. The van der Waals surface area contributed by atoms with E-state index in [2.05, 4.69) is 17.3 Å². The van der Waals surface area contributed by atoms with Crippen LogP contribution in [-0.4, -0.2) is 55.1 Å². The highest BCUT2D eigenvalue weighted by molar-refractivity contribution is 5.73. The SMILES string of the molecule is CN(C1=COCO1)C1CCNCC1.O=C(O)C(F)(F)F. The third kappa shape index (κ3) is 5.16. The van der Waals surface area contributed by atoms with Gasteiger partial charge < -0.3 is 24.8 Å². The second-order valence-corrected chi connectivity index (χ2v) is 4.28. The van der Waals surface area contributed by atoms with E-state index in [1.54, 1.807) is 6.26 Å². The van der Waals surface area contributed by atoms with Gasteiger partial charge in [-0.05, 0) is 25.9 Å². The van der Waals surface area contributed by atoms with Crippen molar-refractivity contribution in [2.24, 2.45) is 0 Å². The fourth-order valence-electron chi connectivity index (χ4n) is 1.79. The lowest BCUT2D eigenvalue weighted by molar-refractivity contribution is -0.192. The van der Waals surface area contributed by atoms with Crippen LogP contribution in [0.4, 0.5) is 13.2 Å². The van der Waals surface area contributed by atoms with Crippen molar-refractivity contribution in [2.75, 3.05) is 26.9 Å². The number of nitrogens with one attached hydrogen (secondary N) is 1. The van der Waals surface area contributed by atoms with E-state index in [1.165, 1.54) is 12.8 Å². The molecule has 116 valence electrons. The Balaban J connectivity index is 0.000000246. The molecule has 9 heteroatoms. The molecule has 0 radical (unpaired) electrons. The highest BCUT2D eigenvalue weighted by Gasteiger charge is 2.38. The van der Waals surface area contributed by atoms with Crippen LogP contribution in [0.3, 0.4) is 0 Å². The summed E-state index contributed by atoms with van der Waals surface area (Å²) in [6.45, 7) is 2.57. The molecule has 6 nitrogen and oxygen atoms in total. The minimum Gasteiger partial charge on any atom is -0.475 e. The first-order valence-corrected chi connectivity index (χ1v) is 6.00. The molecule has 0 aliphatic carbocycles. The average Bonchev–Trinajstić information content (AvgIpc) is 2.92. The minimum absolute atomic E-state index is 0.366. The van der Waals surface area contributed by atoms with Gasteiger partial charge in [-0.1, -0.05) is 0 Å². The number of alkyl halides is 3. The van der Waals surface area contributed by atoms with Gasteiger partial charge in [0.2, 0.25) is 12.7 Å². The average molecular weight is 298 g/mol. The summed E-state index contributed by atoms with van der Waals surface area (Å²) in [6, 6.07) is 0.592. The number of carbonyl (C=O) groups is 1. The van der Waals surface area contributed by atoms with Crippen molar-refractivity contribution in [1.82, 2.24) is 10.2 Å². The second-order valence-electron chi connectivity index (χ2n) is 4.28. The molecule has 0 bridgehead atoms. The van der Waals surface area contributed by atoms with Gasteiger partial charge in [0.15, 0.2) is 0 Å². The van der Waals surface area contributed by atoms with Crippen molar-refractivity contribution in [1.29, 1.82) is 0 Å². The Morgan fingerprint density at radius 2 is 2.00 bits per heavy atom. The molecule has 0 aromatic heterocycles. The highest BCUT2D eigenvalue weighted by atomic mass is 19.4. The van der Waals surface area contributed by atoms with Crippen molar-refractivity contribution in [3.8, 4) is 0 Å². The smallest absolute Gasteiger partial charge is 0.475 e. The molecule has 0 saturated carbocycles. The molecule has 0 aromatic rings. The van der Waals surface area contributed by atoms with Crippen molar-refractivity contribution in [2.45, 2.75) is 25.1 Å².